The number of thioether (sulfide) groups is 3. The topological polar surface area (TPSA) is 0 Å². The molecule has 0 fully saturated rings. The third-order valence-corrected chi connectivity index (χ3v) is 8.28. The van der Waals surface area contributed by atoms with Gasteiger partial charge in [-0.2, -0.15) is 85.8 Å². The Hall–Kier alpha value is 2.45. The van der Waals surface area contributed by atoms with E-state index in [0.717, 1.165) is 40.3 Å². The van der Waals surface area contributed by atoms with E-state index in [1.807, 2.05) is 35.3 Å². The van der Waals surface area contributed by atoms with E-state index in [-0.39, 0.29) is 0 Å². The molecule has 2 atom stereocenters. The second-order valence-electron chi connectivity index (χ2n) is 3.39. The van der Waals surface area contributed by atoms with Crippen molar-refractivity contribution in [2.75, 3.05) is 46.0 Å². The van der Waals surface area contributed by atoms with Crippen molar-refractivity contribution >= 4 is 85.8 Å². The Bertz CT molecular complexity index is 156. The quantitative estimate of drug-likeness (QED) is 0.308. The molecule has 0 radical (unpaired) electrons. The van der Waals surface area contributed by atoms with Crippen LogP contribution in [0.2, 0.25) is 0 Å². The highest BCUT2D eigenvalue weighted by molar-refractivity contribution is 8.04. The fraction of sp³-hybridized carbons (Fsp3) is 1.00. The fourth-order valence-corrected chi connectivity index (χ4v) is 5.88. The number of hydrogen-bond acceptors (Lipinski definition) is 7. The summed E-state index contributed by atoms with van der Waals surface area (Å²) in [6, 6.07) is 0. The van der Waals surface area contributed by atoms with Crippen molar-refractivity contribution < 1.29 is 0 Å². The molecule has 0 bridgehead atoms. The van der Waals surface area contributed by atoms with Crippen molar-refractivity contribution in [3.63, 3.8) is 0 Å². The Balaban J connectivity index is 3.52. The summed E-state index contributed by atoms with van der Waals surface area (Å²) in [5.41, 5.74) is 0. The summed E-state index contributed by atoms with van der Waals surface area (Å²) in [4.78, 5) is 0. The van der Waals surface area contributed by atoms with E-state index in [9.17, 15) is 0 Å². The van der Waals surface area contributed by atoms with Crippen LogP contribution in [0.5, 0.6) is 0 Å². The normalized spacial score (nSPS) is 14.8. The van der Waals surface area contributed by atoms with Gasteiger partial charge in [-0.3, -0.25) is 0 Å². The highest BCUT2D eigenvalue weighted by Crippen LogP contribution is 2.21. The van der Waals surface area contributed by atoms with Crippen LogP contribution in [0.4, 0.5) is 0 Å². The molecule has 0 aromatic carbocycles. The molecule has 2 unspecified atom stereocenters. The summed E-state index contributed by atoms with van der Waals surface area (Å²) in [6.45, 7) is 0. The van der Waals surface area contributed by atoms with Crippen LogP contribution in [0.25, 0.3) is 0 Å². The summed E-state index contributed by atoms with van der Waals surface area (Å²) >= 11 is 23.4. The standard InChI is InChI=1S/C10H22S7/c11-1-3-15-6-9(14)7-17-10(5-13)8-16-4-2-12/h9-14H,1-8H2. The van der Waals surface area contributed by atoms with Gasteiger partial charge in [0.2, 0.25) is 0 Å². The molecule has 0 aliphatic carbocycles. The predicted octanol–water partition coefficient (Wildman–Crippen LogP) is 3.64. The van der Waals surface area contributed by atoms with Crippen LogP contribution in [0.15, 0.2) is 0 Å². The minimum absolute atomic E-state index is 0.488. The second kappa shape index (κ2) is 14.9. The molecule has 0 nitrogen and oxygen atoms in total. The lowest BCUT2D eigenvalue weighted by Gasteiger charge is -2.16. The van der Waals surface area contributed by atoms with Crippen molar-refractivity contribution in [3.05, 3.63) is 0 Å². The Labute approximate surface area is 141 Å². The van der Waals surface area contributed by atoms with E-state index in [4.69, 9.17) is 0 Å². The molecule has 104 valence electrons. The molecule has 0 saturated carbocycles. The first kappa shape index (κ1) is 19.4. The molecule has 0 saturated heterocycles. The third kappa shape index (κ3) is 13.2. The maximum Gasteiger partial charge on any atom is 0.0226 e. The molecule has 0 spiro atoms. The Morgan fingerprint density at radius 1 is 0.824 bits per heavy atom. The highest BCUT2D eigenvalue weighted by Gasteiger charge is 2.10. The van der Waals surface area contributed by atoms with Gasteiger partial charge in [0.25, 0.3) is 0 Å². The van der Waals surface area contributed by atoms with Crippen LogP contribution in [0.1, 0.15) is 0 Å². The molecule has 0 aliphatic rings. The van der Waals surface area contributed by atoms with E-state index in [1.165, 1.54) is 5.75 Å². The van der Waals surface area contributed by atoms with Crippen molar-refractivity contribution in [1.82, 2.24) is 0 Å². The van der Waals surface area contributed by atoms with E-state index in [2.05, 4.69) is 50.5 Å². The molecular formula is C10H22S7. The van der Waals surface area contributed by atoms with Gasteiger partial charge in [-0.05, 0) is 11.5 Å². The summed E-state index contributed by atoms with van der Waals surface area (Å²) in [5.74, 6) is 8.55. The van der Waals surface area contributed by atoms with Crippen LogP contribution >= 0.6 is 85.8 Å². The molecular weight excluding hydrogens is 345 g/mol. The zero-order valence-corrected chi connectivity index (χ0v) is 15.9. The molecule has 0 aromatic heterocycles. The molecule has 7 heteroatoms. The first-order chi connectivity index (χ1) is 8.24. The molecule has 0 heterocycles. The predicted molar refractivity (Wildman–Crippen MR) is 105 cm³/mol. The van der Waals surface area contributed by atoms with Crippen LogP contribution in [0, 0.1) is 0 Å². The molecule has 0 aromatic rings. The van der Waals surface area contributed by atoms with E-state index < -0.39 is 0 Å². The third-order valence-electron chi connectivity index (χ3n) is 1.81. The lowest BCUT2D eigenvalue weighted by molar-refractivity contribution is 1.11. The SMILES string of the molecule is SCCSCC(S)CSC(CS)CSCCS. The average Bonchev–Trinajstić information content (AvgIpc) is 2.34. The molecule has 17 heavy (non-hydrogen) atoms. The van der Waals surface area contributed by atoms with Gasteiger partial charge >= 0.3 is 0 Å². The van der Waals surface area contributed by atoms with Crippen LogP contribution in [-0.2, 0) is 0 Å². The number of hydrogen-bond donors (Lipinski definition) is 4. The average molecular weight is 367 g/mol. The molecule has 0 rings (SSSR count). The van der Waals surface area contributed by atoms with Crippen LogP contribution in [-0.4, -0.2) is 56.5 Å². The second-order valence-corrected chi connectivity index (χ2v) is 9.01. The first-order valence-electron chi connectivity index (χ1n) is 5.52. The van der Waals surface area contributed by atoms with Crippen molar-refractivity contribution in [3.8, 4) is 0 Å². The van der Waals surface area contributed by atoms with Gasteiger partial charge in [0.1, 0.15) is 0 Å². The zero-order chi connectivity index (χ0) is 12.9. The summed E-state index contributed by atoms with van der Waals surface area (Å²) in [5, 5.41) is 1.13. The summed E-state index contributed by atoms with van der Waals surface area (Å²) < 4.78 is 0. The van der Waals surface area contributed by atoms with Crippen molar-refractivity contribution in [1.29, 1.82) is 0 Å². The number of thiol groups is 4. The van der Waals surface area contributed by atoms with Gasteiger partial charge < -0.3 is 0 Å². The first-order valence-corrected chi connectivity index (χ1v) is 11.3. The summed E-state index contributed by atoms with van der Waals surface area (Å²) in [6.07, 6.45) is 0. The van der Waals surface area contributed by atoms with Gasteiger partial charge in [-0.1, -0.05) is 0 Å². The van der Waals surface area contributed by atoms with Crippen molar-refractivity contribution in [2.45, 2.75) is 10.5 Å². The van der Waals surface area contributed by atoms with E-state index in [1.54, 1.807) is 0 Å². The lowest BCUT2D eigenvalue weighted by Crippen LogP contribution is -2.15. The summed E-state index contributed by atoms with van der Waals surface area (Å²) in [7, 11) is 0. The van der Waals surface area contributed by atoms with Gasteiger partial charge in [-0.15, -0.1) is 0 Å². The number of rotatable bonds is 12. The monoisotopic (exact) mass is 366 g/mol. The van der Waals surface area contributed by atoms with Crippen LogP contribution in [0.3, 0.4) is 0 Å². The Kier molecular flexibility index (Phi) is 17.0. The van der Waals surface area contributed by atoms with Crippen LogP contribution < -0.4 is 0 Å². The van der Waals surface area contributed by atoms with Gasteiger partial charge in [0.05, 0.1) is 0 Å². The lowest BCUT2D eigenvalue weighted by atomic mass is 10.5. The fourth-order valence-electron chi connectivity index (χ4n) is 1.01. The minimum atomic E-state index is 0.488. The van der Waals surface area contributed by atoms with Crippen molar-refractivity contribution in [2.24, 2.45) is 0 Å². The zero-order valence-electron chi connectivity index (χ0n) is 9.83. The maximum atomic E-state index is 4.62. The highest BCUT2D eigenvalue weighted by atomic mass is 32.2. The molecule has 0 N–H and O–H groups in total. The van der Waals surface area contributed by atoms with Gasteiger partial charge in [-0.25, -0.2) is 0 Å². The minimum Gasteiger partial charge on any atom is -0.179 e. The maximum absolute atomic E-state index is 4.62. The molecule has 0 amide bonds. The smallest absolute Gasteiger partial charge is 0.0226 e. The van der Waals surface area contributed by atoms with Gasteiger partial charge in [0, 0.05) is 45.0 Å². The van der Waals surface area contributed by atoms with E-state index in [0.29, 0.717) is 10.5 Å². The largest absolute Gasteiger partial charge is 0.179 e. The molecule has 0 aliphatic heterocycles. The Morgan fingerprint density at radius 3 is 1.94 bits per heavy atom. The van der Waals surface area contributed by atoms with Gasteiger partial charge in [0.15, 0.2) is 0 Å². The Morgan fingerprint density at radius 2 is 1.41 bits per heavy atom. The van der Waals surface area contributed by atoms with E-state index >= 15 is 0 Å².